The number of fused-ring (bicyclic) bond motifs is 1. The largest absolute Gasteiger partial charge is 0.508 e. The van der Waals surface area contributed by atoms with Gasteiger partial charge in [-0.15, -0.1) is 0 Å². The molecule has 7 nitrogen and oxygen atoms in total. The number of carbonyl (C=O) groups is 2. The highest BCUT2D eigenvalue weighted by molar-refractivity contribution is 6.08. The van der Waals surface area contributed by atoms with Crippen molar-refractivity contribution in [2.45, 2.75) is 25.3 Å². The van der Waals surface area contributed by atoms with Crippen LogP contribution in [0.15, 0.2) is 72.1 Å². The average Bonchev–Trinajstić information content (AvgIpc) is 3.18. The monoisotopic (exact) mass is 400 g/mol. The van der Waals surface area contributed by atoms with Crippen molar-refractivity contribution in [1.29, 1.82) is 0 Å². The summed E-state index contributed by atoms with van der Waals surface area (Å²) in [6.07, 6.45) is 3.53. The lowest BCUT2D eigenvalue weighted by atomic mass is 9.85. The number of amides is 1. The molecule has 150 valence electrons. The number of Topliss-reactive ketones (excluding diaryl/α,β-unsaturated/α-hetero) is 1. The molecular weight excluding hydrogens is 380 g/mol. The number of aromatic nitrogens is 2. The van der Waals surface area contributed by atoms with Crippen LogP contribution in [-0.2, 0) is 4.79 Å². The van der Waals surface area contributed by atoms with Crippen LogP contribution in [0.25, 0.3) is 0 Å². The number of aromatic hydroxyl groups is 1. The summed E-state index contributed by atoms with van der Waals surface area (Å²) in [6.45, 7) is 0. The third kappa shape index (κ3) is 3.04. The molecular formula is C23H20N4O3. The maximum atomic E-state index is 12.9. The molecule has 3 N–H and O–H groups in total. The first-order valence-electron chi connectivity index (χ1n) is 9.88. The number of para-hydroxylation sites is 1. The van der Waals surface area contributed by atoms with Gasteiger partial charge < -0.3 is 15.7 Å². The lowest BCUT2D eigenvalue weighted by Gasteiger charge is -2.33. The smallest absolute Gasteiger partial charge is 0.261 e. The van der Waals surface area contributed by atoms with E-state index >= 15 is 0 Å². The lowest BCUT2D eigenvalue weighted by Crippen LogP contribution is -2.32. The Labute approximate surface area is 173 Å². The van der Waals surface area contributed by atoms with Crippen LogP contribution >= 0.6 is 0 Å². The van der Waals surface area contributed by atoms with E-state index in [-0.39, 0.29) is 17.4 Å². The van der Waals surface area contributed by atoms with E-state index in [1.165, 1.54) is 6.20 Å². The van der Waals surface area contributed by atoms with Gasteiger partial charge >= 0.3 is 0 Å². The molecule has 0 radical (unpaired) electrons. The van der Waals surface area contributed by atoms with Gasteiger partial charge in [-0.25, -0.2) is 4.68 Å². The van der Waals surface area contributed by atoms with E-state index in [2.05, 4.69) is 15.7 Å². The van der Waals surface area contributed by atoms with Crippen LogP contribution in [0.2, 0.25) is 0 Å². The summed E-state index contributed by atoms with van der Waals surface area (Å²) in [7, 11) is 0. The fourth-order valence-electron chi connectivity index (χ4n) is 4.11. The van der Waals surface area contributed by atoms with Gasteiger partial charge in [-0.05, 0) is 42.7 Å². The molecule has 1 amide bonds. The molecule has 0 saturated heterocycles. The van der Waals surface area contributed by atoms with Crippen LogP contribution in [0, 0.1) is 0 Å². The standard InChI is InChI=1S/C23H20N4O3/c28-16-11-9-14(10-12-16)21-20-18(7-4-8-19(20)29)26-22-17(13-24-27(21)22)23(30)25-15-5-2-1-3-6-15/h1-3,5-6,9-13,21,26,28H,4,7-8H2,(H,25,30)/t21-/m0/s1. The lowest BCUT2D eigenvalue weighted by molar-refractivity contribution is -0.116. The Hall–Kier alpha value is -3.87. The van der Waals surface area contributed by atoms with E-state index in [4.69, 9.17) is 0 Å². The van der Waals surface area contributed by atoms with E-state index in [0.717, 1.165) is 24.1 Å². The number of phenols is 1. The summed E-state index contributed by atoms with van der Waals surface area (Å²) in [6, 6.07) is 15.5. The molecule has 0 spiro atoms. The Morgan fingerprint density at radius 3 is 2.63 bits per heavy atom. The number of hydrogen-bond acceptors (Lipinski definition) is 5. The van der Waals surface area contributed by atoms with E-state index in [9.17, 15) is 14.7 Å². The highest BCUT2D eigenvalue weighted by atomic mass is 16.3. The van der Waals surface area contributed by atoms with Gasteiger partial charge in [0.25, 0.3) is 5.91 Å². The molecule has 0 saturated carbocycles. The second kappa shape index (κ2) is 7.18. The van der Waals surface area contributed by atoms with Gasteiger partial charge in [0.05, 0.1) is 6.20 Å². The highest BCUT2D eigenvalue weighted by Crippen LogP contribution is 2.41. The Morgan fingerprint density at radius 2 is 1.87 bits per heavy atom. The molecule has 3 aromatic rings. The molecule has 7 heteroatoms. The van der Waals surface area contributed by atoms with Gasteiger partial charge in [0.15, 0.2) is 5.78 Å². The van der Waals surface area contributed by atoms with Crippen molar-refractivity contribution in [2.75, 3.05) is 10.6 Å². The zero-order valence-corrected chi connectivity index (χ0v) is 16.1. The fraction of sp³-hybridized carbons (Fsp3) is 0.174. The Kier molecular flexibility index (Phi) is 4.35. The first-order valence-corrected chi connectivity index (χ1v) is 9.88. The minimum Gasteiger partial charge on any atom is -0.508 e. The number of carbonyl (C=O) groups excluding carboxylic acids is 2. The number of phenolic OH excluding ortho intramolecular Hbond substituents is 1. The molecule has 1 aliphatic carbocycles. The van der Waals surface area contributed by atoms with Gasteiger partial charge in [-0.2, -0.15) is 5.10 Å². The van der Waals surface area contributed by atoms with Gasteiger partial charge in [-0.1, -0.05) is 30.3 Å². The Morgan fingerprint density at radius 1 is 1.10 bits per heavy atom. The van der Waals surface area contributed by atoms with Crippen LogP contribution < -0.4 is 10.6 Å². The molecule has 2 heterocycles. The first kappa shape index (κ1) is 18.2. The van der Waals surface area contributed by atoms with Gasteiger partial charge in [0.1, 0.15) is 23.2 Å². The summed E-state index contributed by atoms with van der Waals surface area (Å²) in [5.74, 6) is 0.527. The van der Waals surface area contributed by atoms with Crippen molar-refractivity contribution in [3.05, 3.63) is 83.2 Å². The van der Waals surface area contributed by atoms with Crippen molar-refractivity contribution in [3.8, 4) is 5.75 Å². The zero-order valence-electron chi connectivity index (χ0n) is 16.1. The average molecular weight is 400 g/mol. The number of rotatable bonds is 3. The maximum Gasteiger partial charge on any atom is 0.261 e. The predicted octanol–water partition coefficient (Wildman–Crippen LogP) is 3.86. The molecule has 0 unspecified atom stereocenters. The second-order valence-electron chi connectivity index (χ2n) is 7.46. The zero-order chi connectivity index (χ0) is 20.7. The molecule has 0 fully saturated rings. The number of nitrogens with zero attached hydrogens (tertiary/aromatic N) is 2. The fourth-order valence-corrected chi connectivity index (χ4v) is 4.11. The molecule has 2 aliphatic rings. The van der Waals surface area contributed by atoms with Crippen LogP contribution in [0.5, 0.6) is 5.75 Å². The molecule has 5 rings (SSSR count). The van der Waals surface area contributed by atoms with Gasteiger partial charge in [-0.3, -0.25) is 9.59 Å². The molecule has 1 aliphatic heterocycles. The molecule has 0 bridgehead atoms. The van der Waals surface area contributed by atoms with Crippen molar-refractivity contribution in [3.63, 3.8) is 0 Å². The summed E-state index contributed by atoms with van der Waals surface area (Å²) < 4.78 is 1.69. The summed E-state index contributed by atoms with van der Waals surface area (Å²) >= 11 is 0. The number of ketones is 1. The molecule has 2 aromatic carbocycles. The first-order chi connectivity index (χ1) is 14.6. The summed E-state index contributed by atoms with van der Waals surface area (Å²) in [5.41, 5.74) is 3.45. The number of hydrogen-bond donors (Lipinski definition) is 3. The third-order valence-electron chi connectivity index (χ3n) is 5.52. The third-order valence-corrected chi connectivity index (χ3v) is 5.52. The minimum absolute atomic E-state index is 0.0817. The Balaban J connectivity index is 1.58. The van der Waals surface area contributed by atoms with Crippen molar-refractivity contribution in [1.82, 2.24) is 9.78 Å². The van der Waals surface area contributed by atoms with Crippen molar-refractivity contribution < 1.29 is 14.7 Å². The molecule has 1 aromatic heterocycles. The maximum absolute atomic E-state index is 12.9. The van der Waals surface area contributed by atoms with E-state index in [0.29, 0.717) is 29.1 Å². The van der Waals surface area contributed by atoms with E-state index < -0.39 is 6.04 Å². The Bertz CT molecular complexity index is 1160. The summed E-state index contributed by atoms with van der Waals surface area (Å²) in [5, 5.41) is 20.3. The number of nitrogens with one attached hydrogen (secondary N) is 2. The normalized spacial score (nSPS) is 17.7. The van der Waals surface area contributed by atoms with Crippen LogP contribution in [-0.4, -0.2) is 26.6 Å². The molecule has 30 heavy (non-hydrogen) atoms. The SMILES string of the molecule is O=C1CCCC2=C1[C@H](c1ccc(O)cc1)n1ncc(C(=O)Nc3ccccc3)c1N2. The van der Waals surface area contributed by atoms with Crippen molar-refractivity contribution >= 4 is 23.2 Å². The highest BCUT2D eigenvalue weighted by Gasteiger charge is 2.37. The second-order valence-corrected chi connectivity index (χ2v) is 7.46. The van der Waals surface area contributed by atoms with E-state index in [1.807, 2.05) is 30.3 Å². The number of benzene rings is 2. The quantitative estimate of drug-likeness (QED) is 0.620. The van der Waals surface area contributed by atoms with Gasteiger partial charge in [0, 0.05) is 23.4 Å². The van der Waals surface area contributed by atoms with Crippen molar-refractivity contribution in [2.24, 2.45) is 0 Å². The topological polar surface area (TPSA) is 96.2 Å². The van der Waals surface area contributed by atoms with E-state index in [1.54, 1.807) is 28.9 Å². The summed E-state index contributed by atoms with van der Waals surface area (Å²) in [4.78, 5) is 25.7. The van der Waals surface area contributed by atoms with Crippen LogP contribution in [0.1, 0.15) is 41.2 Å². The van der Waals surface area contributed by atoms with Crippen LogP contribution in [0.4, 0.5) is 11.5 Å². The molecule has 1 atom stereocenters. The van der Waals surface area contributed by atoms with Crippen LogP contribution in [0.3, 0.4) is 0 Å². The number of anilines is 2. The predicted molar refractivity (Wildman–Crippen MR) is 112 cm³/mol. The number of allylic oxidation sites excluding steroid dienone is 2. The van der Waals surface area contributed by atoms with Gasteiger partial charge in [0.2, 0.25) is 0 Å². The minimum atomic E-state index is -0.442.